The van der Waals surface area contributed by atoms with Gasteiger partial charge in [0, 0.05) is 27.8 Å². The van der Waals surface area contributed by atoms with Gasteiger partial charge in [0.1, 0.15) is 0 Å². The molecule has 4 aromatic carbocycles. The maximum atomic E-state index is 13.4. The molecule has 0 aliphatic rings. The lowest BCUT2D eigenvalue weighted by Crippen LogP contribution is -2.18. The SMILES string of the molecule is CSc1ccc(/C=C/C(=O)Nc2ccc(NC(=O)Cc3ccc(C)cc3)c(C(=O)c3ccccc3)c2)cc1. The van der Waals surface area contributed by atoms with E-state index in [0.717, 1.165) is 21.6 Å². The van der Waals surface area contributed by atoms with Crippen LogP contribution >= 0.6 is 11.8 Å². The van der Waals surface area contributed by atoms with Gasteiger partial charge in [-0.25, -0.2) is 0 Å². The Hall–Kier alpha value is -4.42. The van der Waals surface area contributed by atoms with Gasteiger partial charge in [-0.3, -0.25) is 14.4 Å². The Balaban J connectivity index is 1.53. The molecule has 0 heterocycles. The van der Waals surface area contributed by atoms with Crippen LogP contribution in [0.15, 0.2) is 108 Å². The number of hydrogen-bond donors (Lipinski definition) is 2. The van der Waals surface area contributed by atoms with Crippen molar-refractivity contribution in [3.63, 3.8) is 0 Å². The number of carbonyl (C=O) groups is 3. The van der Waals surface area contributed by atoms with Crippen molar-refractivity contribution in [1.29, 1.82) is 0 Å². The number of amides is 2. The monoisotopic (exact) mass is 520 g/mol. The molecule has 0 bridgehead atoms. The summed E-state index contributed by atoms with van der Waals surface area (Å²) in [6.07, 6.45) is 5.37. The number of thioether (sulfide) groups is 1. The Bertz CT molecular complexity index is 1460. The molecule has 0 atom stereocenters. The van der Waals surface area contributed by atoms with Crippen LogP contribution in [0.4, 0.5) is 11.4 Å². The quantitative estimate of drug-likeness (QED) is 0.145. The minimum atomic E-state index is -0.326. The zero-order chi connectivity index (χ0) is 26.9. The summed E-state index contributed by atoms with van der Waals surface area (Å²) < 4.78 is 0. The predicted octanol–water partition coefficient (Wildman–Crippen LogP) is 6.78. The van der Waals surface area contributed by atoms with Gasteiger partial charge >= 0.3 is 0 Å². The third-order valence-electron chi connectivity index (χ3n) is 5.87. The molecule has 4 rings (SSSR count). The topological polar surface area (TPSA) is 75.3 Å². The van der Waals surface area contributed by atoms with Gasteiger partial charge in [-0.1, -0.05) is 72.3 Å². The minimum Gasteiger partial charge on any atom is -0.325 e. The highest BCUT2D eigenvalue weighted by Gasteiger charge is 2.17. The first-order valence-electron chi connectivity index (χ1n) is 12.1. The van der Waals surface area contributed by atoms with Crippen molar-refractivity contribution < 1.29 is 14.4 Å². The van der Waals surface area contributed by atoms with Gasteiger partial charge in [0.05, 0.1) is 12.1 Å². The summed E-state index contributed by atoms with van der Waals surface area (Å²) >= 11 is 1.65. The molecule has 4 aromatic rings. The summed E-state index contributed by atoms with van der Waals surface area (Å²) in [7, 11) is 0. The van der Waals surface area contributed by atoms with E-state index in [1.807, 2.05) is 67.8 Å². The molecule has 6 heteroatoms. The fourth-order valence-corrected chi connectivity index (χ4v) is 4.23. The number of hydrogen-bond acceptors (Lipinski definition) is 4. The van der Waals surface area contributed by atoms with Crippen molar-refractivity contribution in [3.8, 4) is 0 Å². The maximum absolute atomic E-state index is 13.4. The largest absolute Gasteiger partial charge is 0.325 e. The molecule has 190 valence electrons. The molecule has 2 N–H and O–H groups in total. The molecule has 0 aromatic heterocycles. The Labute approximate surface area is 227 Å². The van der Waals surface area contributed by atoms with Gasteiger partial charge in [0.2, 0.25) is 11.8 Å². The van der Waals surface area contributed by atoms with Crippen molar-refractivity contribution in [2.24, 2.45) is 0 Å². The van der Waals surface area contributed by atoms with E-state index >= 15 is 0 Å². The molecular formula is C32H28N2O3S. The second-order valence-corrected chi connectivity index (χ2v) is 9.64. The molecular weight excluding hydrogens is 492 g/mol. The van der Waals surface area contributed by atoms with Crippen LogP contribution in [-0.2, 0) is 16.0 Å². The van der Waals surface area contributed by atoms with Gasteiger partial charge < -0.3 is 10.6 Å². The Morgan fingerprint density at radius 1 is 0.816 bits per heavy atom. The summed E-state index contributed by atoms with van der Waals surface area (Å²) in [4.78, 5) is 39.9. The van der Waals surface area contributed by atoms with Crippen LogP contribution < -0.4 is 10.6 Å². The van der Waals surface area contributed by atoms with Gasteiger partial charge in [-0.15, -0.1) is 11.8 Å². The lowest BCUT2D eigenvalue weighted by molar-refractivity contribution is -0.115. The molecule has 0 saturated heterocycles. The van der Waals surface area contributed by atoms with Gasteiger partial charge in [-0.2, -0.15) is 0 Å². The van der Waals surface area contributed by atoms with Crippen LogP contribution in [0.3, 0.4) is 0 Å². The second kappa shape index (κ2) is 12.7. The first kappa shape index (κ1) is 26.6. The Morgan fingerprint density at radius 2 is 1.53 bits per heavy atom. The normalized spacial score (nSPS) is 10.8. The molecule has 0 aliphatic carbocycles. The number of carbonyl (C=O) groups excluding carboxylic acids is 3. The number of benzene rings is 4. The van der Waals surface area contributed by atoms with Crippen molar-refractivity contribution in [3.05, 3.63) is 131 Å². The van der Waals surface area contributed by atoms with E-state index in [-0.39, 0.29) is 24.0 Å². The number of rotatable bonds is 9. The van der Waals surface area contributed by atoms with Crippen LogP contribution in [0.25, 0.3) is 6.08 Å². The average Bonchev–Trinajstić information content (AvgIpc) is 2.94. The van der Waals surface area contributed by atoms with E-state index in [4.69, 9.17) is 0 Å². The molecule has 0 aliphatic heterocycles. The highest BCUT2D eigenvalue weighted by atomic mass is 32.2. The Kier molecular flexibility index (Phi) is 8.90. The van der Waals surface area contributed by atoms with Crippen molar-refractivity contribution in [2.75, 3.05) is 16.9 Å². The summed E-state index contributed by atoms with van der Waals surface area (Å²) in [5.74, 6) is -0.812. The average molecular weight is 521 g/mol. The summed E-state index contributed by atoms with van der Waals surface area (Å²) in [6.45, 7) is 1.99. The number of anilines is 2. The predicted molar refractivity (Wildman–Crippen MR) is 156 cm³/mol. The summed E-state index contributed by atoms with van der Waals surface area (Å²) in [6, 6.07) is 29.4. The van der Waals surface area contributed by atoms with E-state index in [9.17, 15) is 14.4 Å². The lowest BCUT2D eigenvalue weighted by Gasteiger charge is -2.13. The lowest BCUT2D eigenvalue weighted by atomic mass is 10.0. The summed E-state index contributed by atoms with van der Waals surface area (Å²) in [5.41, 5.74) is 4.52. The molecule has 2 amide bonds. The number of aryl methyl sites for hydroxylation is 1. The molecule has 0 spiro atoms. The van der Waals surface area contributed by atoms with Crippen molar-refractivity contribution >= 4 is 46.8 Å². The Morgan fingerprint density at radius 3 is 2.21 bits per heavy atom. The first-order chi connectivity index (χ1) is 18.4. The van der Waals surface area contributed by atoms with E-state index in [2.05, 4.69) is 10.6 Å². The maximum Gasteiger partial charge on any atom is 0.248 e. The van der Waals surface area contributed by atoms with E-state index < -0.39 is 0 Å². The third-order valence-corrected chi connectivity index (χ3v) is 6.61. The van der Waals surface area contributed by atoms with E-state index in [1.54, 1.807) is 60.3 Å². The van der Waals surface area contributed by atoms with E-state index in [0.29, 0.717) is 22.5 Å². The first-order valence-corrected chi connectivity index (χ1v) is 13.4. The van der Waals surface area contributed by atoms with Crippen LogP contribution in [0.2, 0.25) is 0 Å². The molecule has 0 unspecified atom stereocenters. The highest BCUT2D eigenvalue weighted by Crippen LogP contribution is 2.24. The smallest absolute Gasteiger partial charge is 0.248 e. The summed E-state index contributed by atoms with van der Waals surface area (Å²) in [5, 5.41) is 5.68. The molecule has 0 saturated carbocycles. The van der Waals surface area contributed by atoms with E-state index in [1.165, 1.54) is 6.08 Å². The number of ketones is 1. The zero-order valence-electron chi connectivity index (χ0n) is 21.2. The van der Waals surface area contributed by atoms with Crippen LogP contribution in [0.1, 0.15) is 32.6 Å². The zero-order valence-corrected chi connectivity index (χ0v) is 22.0. The molecule has 5 nitrogen and oxygen atoms in total. The van der Waals surface area contributed by atoms with Crippen LogP contribution in [-0.4, -0.2) is 23.9 Å². The van der Waals surface area contributed by atoms with Gasteiger partial charge in [0.15, 0.2) is 5.78 Å². The fraction of sp³-hybridized carbons (Fsp3) is 0.0938. The fourth-order valence-electron chi connectivity index (χ4n) is 3.82. The highest BCUT2D eigenvalue weighted by molar-refractivity contribution is 7.98. The number of nitrogens with one attached hydrogen (secondary N) is 2. The standard InChI is InChI=1S/C32H28N2O3S/c1-22-8-10-24(11-9-22)20-31(36)34-29-18-15-26(21-28(29)32(37)25-6-4-3-5-7-25)33-30(35)19-14-23-12-16-27(38-2)17-13-23/h3-19,21H,20H2,1-2H3,(H,33,35)(H,34,36)/b19-14+. The van der Waals surface area contributed by atoms with Crippen LogP contribution in [0, 0.1) is 6.92 Å². The van der Waals surface area contributed by atoms with Crippen LogP contribution in [0.5, 0.6) is 0 Å². The van der Waals surface area contributed by atoms with Gasteiger partial charge in [-0.05, 0) is 60.7 Å². The van der Waals surface area contributed by atoms with Gasteiger partial charge in [0.25, 0.3) is 0 Å². The molecule has 38 heavy (non-hydrogen) atoms. The third kappa shape index (κ3) is 7.31. The van der Waals surface area contributed by atoms with Crippen molar-refractivity contribution in [1.82, 2.24) is 0 Å². The molecule has 0 fully saturated rings. The van der Waals surface area contributed by atoms with Crippen molar-refractivity contribution in [2.45, 2.75) is 18.2 Å². The second-order valence-electron chi connectivity index (χ2n) is 8.76. The molecule has 0 radical (unpaired) electrons. The minimum absolute atomic E-state index is 0.181.